The third-order valence-corrected chi connectivity index (χ3v) is 5.47. The van der Waals surface area contributed by atoms with Crippen LogP contribution in [-0.4, -0.2) is 17.5 Å². The number of carbonyl (C=O) groups is 1. The Morgan fingerprint density at radius 2 is 1.68 bits per heavy atom. The van der Waals surface area contributed by atoms with Gasteiger partial charge >= 0.3 is 0 Å². The number of carbonyl (C=O) groups excluding carboxylic acids is 1. The third-order valence-electron chi connectivity index (χ3n) is 4.43. The number of para-hydroxylation sites is 2. The summed E-state index contributed by atoms with van der Waals surface area (Å²) in [6.07, 6.45) is 0. The van der Waals surface area contributed by atoms with Gasteiger partial charge in [-0.2, -0.15) is 0 Å². The molecular formula is C23H20N2O2S. The van der Waals surface area contributed by atoms with Gasteiger partial charge in [-0.1, -0.05) is 72.0 Å². The minimum absolute atomic E-state index is 0.0360. The first kappa shape index (κ1) is 18.2. The van der Waals surface area contributed by atoms with Crippen molar-refractivity contribution in [2.24, 2.45) is 0 Å². The Morgan fingerprint density at radius 1 is 0.964 bits per heavy atom. The molecule has 140 valence electrons. The Morgan fingerprint density at radius 3 is 2.39 bits per heavy atom. The summed E-state index contributed by atoms with van der Waals surface area (Å²) in [4.78, 5) is 19.5. The molecule has 0 N–H and O–H groups in total. The Balaban J connectivity index is 1.62. The van der Waals surface area contributed by atoms with Crippen LogP contribution in [0.2, 0.25) is 0 Å². The van der Waals surface area contributed by atoms with Gasteiger partial charge in [0.05, 0.1) is 16.8 Å². The standard InChI is InChI=1S/C23H20N2O2S/c1-17-9-8-14-20-22(17)24-23(28-20)25(15-18-10-4-2-5-11-18)21(26)16-27-19-12-6-3-7-13-19/h2-14H,15-16H2,1H3. The highest BCUT2D eigenvalue weighted by molar-refractivity contribution is 7.22. The van der Waals surface area contributed by atoms with E-state index in [1.807, 2.05) is 85.8 Å². The lowest BCUT2D eigenvalue weighted by Gasteiger charge is -2.20. The summed E-state index contributed by atoms with van der Waals surface area (Å²) in [7, 11) is 0. The number of benzene rings is 3. The molecule has 4 aromatic rings. The number of nitrogens with zero attached hydrogens (tertiary/aromatic N) is 2. The molecule has 0 aliphatic heterocycles. The number of fused-ring (bicyclic) bond motifs is 1. The molecule has 0 spiro atoms. The van der Waals surface area contributed by atoms with Gasteiger partial charge in [-0.3, -0.25) is 9.69 Å². The average Bonchev–Trinajstić information content (AvgIpc) is 3.17. The Bertz CT molecular complexity index is 1080. The van der Waals surface area contributed by atoms with Crippen molar-refractivity contribution in [2.75, 3.05) is 11.5 Å². The molecule has 3 aromatic carbocycles. The minimum Gasteiger partial charge on any atom is -0.484 e. The van der Waals surface area contributed by atoms with Crippen LogP contribution in [0, 0.1) is 6.92 Å². The molecule has 1 amide bonds. The minimum atomic E-state index is -0.121. The number of aryl methyl sites for hydroxylation is 1. The van der Waals surface area contributed by atoms with Crippen molar-refractivity contribution < 1.29 is 9.53 Å². The highest BCUT2D eigenvalue weighted by Crippen LogP contribution is 2.31. The zero-order valence-electron chi connectivity index (χ0n) is 15.5. The number of aromatic nitrogens is 1. The number of amides is 1. The van der Waals surface area contributed by atoms with E-state index in [1.54, 1.807) is 4.90 Å². The van der Waals surface area contributed by atoms with Crippen LogP contribution in [0.5, 0.6) is 5.75 Å². The first-order valence-electron chi connectivity index (χ1n) is 9.09. The number of hydrogen-bond donors (Lipinski definition) is 0. The molecule has 28 heavy (non-hydrogen) atoms. The van der Waals surface area contributed by atoms with Crippen LogP contribution in [0.4, 0.5) is 5.13 Å². The number of thiazole rings is 1. The zero-order valence-corrected chi connectivity index (χ0v) is 16.4. The summed E-state index contributed by atoms with van der Waals surface area (Å²) >= 11 is 1.53. The number of ether oxygens (including phenoxy) is 1. The van der Waals surface area contributed by atoms with Crippen LogP contribution in [0.15, 0.2) is 78.9 Å². The predicted molar refractivity (Wildman–Crippen MR) is 114 cm³/mol. The van der Waals surface area contributed by atoms with E-state index in [2.05, 4.69) is 0 Å². The topological polar surface area (TPSA) is 42.4 Å². The maximum absolute atomic E-state index is 13.1. The van der Waals surface area contributed by atoms with Gasteiger partial charge in [-0.25, -0.2) is 4.98 Å². The molecule has 0 saturated carbocycles. The van der Waals surface area contributed by atoms with Crippen LogP contribution < -0.4 is 9.64 Å². The van der Waals surface area contributed by atoms with Gasteiger partial charge in [0, 0.05) is 0 Å². The first-order chi connectivity index (χ1) is 13.7. The normalized spacial score (nSPS) is 10.8. The van der Waals surface area contributed by atoms with E-state index in [4.69, 9.17) is 9.72 Å². The van der Waals surface area contributed by atoms with E-state index in [-0.39, 0.29) is 12.5 Å². The van der Waals surface area contributed by atoms with Crippen LogP contribution in [-0.2, 0) is 11.3 Å². The van der Waals surface area contributed by atoms with E-state index in [0.717, 1.165) is 21.3 Å². The molecular weight excluding hydrogens is 368 g/mol. The lowest BCUT2D eigenvalue weighted by molar-refractivity contribution is -0.120. The molecule has 1 aromatic heterocycles. The quantitative estimate of drug-likeness (QED) is 0.455. The number of rotatable bonds is 6. The van der Waals surface area contributed by atoms with Crippen molar-refractivity contribution in [3.63, 3.8) is 0 Å². The van der Waals surface area contributed by atoms with Gasteiger partial charge in [0.1, 0.15) is 5.75 Å². The maximum Gasteiger partial charge on any atom is 0.267 e. The summed E-state index contributed by atoms with van der Waals surface area (Å²) in [6, 6.07) is 25.4. The fourth-order valence-corrected chi connectivity index (χ4v) is 4.02. The van der Waals surface area contributed by atoms with Crippen molar-refractivity contribution >= 4 is 32.6 Å². The fraction of sp³-hybridized carbons (Fsp3) is 0.130. The molecule has 0 aliphatic rings. The molecule has 0 unspecified atom stereocenters. The van der Waals surface area contributed by atoms with Gasteiger partial charge in [0.2, 0.25) is 0 Å². The molecule has 0 bridgehead atoms. The highest BCUT2D eigenvalue weighted by Gasteiger charge is 2.21. The Hall–Kier alpha value is -3.18. The maximum atomic E-state index is 13.1. The van der Waals surface area contributed by atoms with Gasteiger partial charge in [0.25, 0.3) is 5.91 Å². The van der Waals surface area contributed by atoms with E-state index in [0.29, 0.717) is 17.4 Å². The highest BCUT2D eigenvalue weighted by atomic mass is 32.1. The molecule has 0 aliphatic carbocycles. The Labute approximate surface area is 168 Å². The number of hydrogen-bond acceptors (Lipinski definition) is 4. The van der Waals surface area contributed by atoms with Crippen molar-refractivity contribution in [3.05, 3.63) is 90.0 Å². The van der Waals surface area contributed by atoms with E-state index in [1.165, 1.54) is 11.3 Å². The molecule has 4 nitrogen and oxygen atoms in total. The average molecular weight is 388 g/mol. The van der Waals surface area contributed by atoms with Crippen molar-refractivity contribution in [1.29, 1.82) is 0 Å². The summed E-state index contributed by atoms with van der Waals surface area (Å²) < 4.78 is 6.77. The summed E-state index contributed by atoms with van der Waals surface area (Å²) in [6.45, 7) is 2.45. The van der Waals surface area contributed by atoms with Crippen molar-refractivity contribution in [3.8, 4) is 5.75 Å². The summed E-state index contributed by atoms with van der Waals surface area (Å²) in [5.74, 6) is 0.556. The predicted octanol–water partition coefficient (Wildman–Crippen LogP) is 5.22. The van der Waals surface area contributed by atoms with Gasteiger partial charge in [-0.15, -0.1) is 0 Å². The van der Waals surface area contributed by atoms with Crippen molar-refractivity contribution in [2.45, 2.75) is 13.5 Å². The van der Waals surface area contributed by atoms with Crippen LogP contribution in [0.3, 0.4) is 0 Å². The second kappa shape index (κ2) is 8.23. The first-order valence-corrected chi connectivity index (χ1v) is 9.90. The third kappa shape index (κ3) is 4.05. The van der Waals surface area contributed by atoms with Gasteiger partial charge < -0.3 is 4.74 Å². The monoisotopic (exact) mass is 388 g/mol. The molecule has 1 heterocycles. The largest absolute Gasteiger partial charge is 0.484 e. The number of anilines is 1. The fourth-order valence-electron chi connectivity index (χ4n) is 2.96. The second-order valence-electron chi connectivity index (χ2n) is 6.49. The SMILES string of the molecule is Cc1cccc2sc(N(Cc3ccccc3)C(=O)COc3ccccc3)nc12. The van der Waals surface area contributed by atoms with Crippen molar-refractivity contribution in [1.82, 2.24) is 4.98 Å². The van der Waals surface area contributed by atoms with E-state index >= 15 is 0 Å². The van der Waals surface area contributed by atoms with Crippen LogP contribution in [0.25, 0.3) is 10.2 Å². The summed E-state index contributed by atoms with van der Waals surface area (Å²) in [5, 5.41) is 0.690. The van der Waals surface area contributed by atoms with Gasteiger partial charge in [-0.05, 0) is 36.2 Å². The molecule has 0 radical (unpaired) electrons. The molecule has 0 atom stereocenters. The van der Waals surface area contributed by atoms with Gasteiger partial charge in [0.15, 0.2) is 11.7 Å². The van der Waals surface area contributed by atoms with E-state index in [9.17, 15) is 4.79 Å². The Kier molecular flexibility index (Phi) is 5.35. The lowest BCUT2D eigenvalue weighted by Crippen LogP contribution is -2.34. The zero-order chi connectivity index (χ0) is 19.3. The lowest BCUT2D eigenvalue weighted by atomic mass is 10.2. The van der Waals surface area contributed by atoms with E-state index < -0.39 is 0 Å². The molecule has 5 heteroatoms. The van der Waals surface area contributed by atoms with Crippen LogP contribution >= 0.6 is 11.3 Å². The smallest absolute Gasteiger partial charge is 0.267 e. The second-order valence-corrected chi connectivity index (χ2v) is 7.49. The molecule has 4 rings (SSSR count). The van der Waals surface area contributed by atoms with Crippen LogP contribution in [0.1, 0.15) is 11.1 Å². The summed E-state index contributed by atoms with van der Waals surface area (Å²) in [5.41, 5.74) is 3.09. The molecule has 0 fully saturated rings. The molecule has 0 saturated heterocycles.